The van der Waals surface area contributed by atoms with Crippen LogP contribution in [0.3, 0.4) is 0 Å². The fourth-order valence-corrected chi connectivity index (χ4v) is 4.24. The maximum atomic E-state index is 12.2. The molecule has 0 fully saturated rings. The molecule has 2 aromatic heterocycles. The van der Waals surface area contributed by atoms with Gasteiger partial charge in [0.25, 0.3) is 0 Å². The molecule has 0 radical (unpaired) electrons. The highest BCUT2D eigenvalue weighted by atomic mass is 32.1. The third-order valence-corrected chi connectivity index (χ3v) is 5.63. The molecule has 0 saturated carbocycles. The summed E-state index contributed by atoms with van der Waals surface area (Å²) in [5, 5.41) is 17.4. The van der Waals surface area contributed by atoms with Crippen molar-refractivity contribution in [2.45, 2.75) is 13.0 Å². The van der Waals surface area contributed by atoms with Gasteiger partial charge in [0.05, 0.1) is 43.2 Å². The molecule has 1 atom stereocenters. The minimum Gasteiger partial charge on any atom is -0.481 e. The lowest BCUT2D eigenvalue weighted by Crippen LogP contribution is -2.43. The molecule has 10 heteroatoms. The number of methoxy groups -OCH3 is 2. The van der Waals surface area contributed by atoms with Crippen molar-refractivity contribution in [1.82, 2.24) is 25.6 Å². The molecule has 156 valence electrons. The number of benzene rings is 1. The summed E-state index contributed by atoms with van der Waals surface area (Å²) in [7, 11) is 2.97. The van der Waals surface area contributed by atoms with Crippen molar-refractivity contribution in [2.24, 2.45) is 0 Å². The average Bonchev–Trinajstić information content (AvgIpc) is 3.27. The third kappa shape index (κ3) is 3.91. The fraction of sp³-hybridized carbons (Fsp3) is 0.190. The topological polar surface area (TPSA) is 122 Å². The Kier molecular flexibility index (Phi) is 5.51. The number of thiazole rings is 1. The Labute approximate surface area is 182 Å². The number of rotatable bonds is 5. The molecular formula is C21H18N6O3S. The molecule has 1 aliphatic heterocycles. The van der Waals surface area contributed by atoms with E-state index in [0.717, 1.165) is 21.8 Å². The van der Waals surface area contributed by atoms with Crippen LogP contribution in [0.5, 0.6) is 11.9 Å². The molecule has 1 unspecified atom stereocenters. The molecule has 0 aliphatic carbocycles. The van der Waals surface area contributed by atoms with Crippen LogP contribution in [0.4, 0.5) is 4.79 Å². The number of carbonyl (C=O) groups excluding carboxylic acids is 1. The van der Waals surface area contributed by atoms with Crippen molar-refractivity contribution in [2.75, 3.05) is 14.2 Å². The number of nitrogens with one attached hydrogen (secondary N) is 2. The van der Waals surface area contributed by atoms with Crippen LogP contribution in [0.15, 0.2) is 41.5 Å². The van der Waals surface area contributed by atoms with Crippen LogP contribution >= 0.6 is 11.3 Å². The Morgan fingerprint density at radius 3 is 2.61 bits per heavy atom. The van der Waals surface area contributed by atoms with E-state index in [2.05, 4.69) is 26.7 Å². The van der Waals surface area contributed by atoms with Crippen LogP contribution in [0.25, 0.3) is 16.8 Å². The lowest BCUT2D eigenvalue weighted by molar-refractivity contribution is 0.240. The van der Waals surface area contributed by atoms with Gasteiger partial charge in [0.15, 0.2) is 0 Å². The van der Waals surface area contributed by atoms with E-state index in [0.29, 0.717) is 22.7 Å². The molecular weight excluding hydrogens is 416 g/mol. The van der Waals surface area contributed by atoms with E-state index in [-0.39, 0.29) is 12.0 Å². The third-order valence-electron chi connectivity index (χ3n) is 4.76. The molecule has 4 rings (SSSR count). The van der Waals surface area contributed by atoms with Crippen molar-refractivity contribution in [3.8, 4) is 29.2 Å². The number of nitrogens with zero attached hydrogens (tertiary/aromatic N) is 4. The maximum Gasteiger partial charge on any atom is 0.319 e. The van der Waals surface area contributed by atoms with Crippen molar-refractivity contribution >= 4 is 22.9 Å². The zero-order valence-corrected chi connectivity index (χ0v) is 17.8. The Hall–Kier alpha value is -3.97. The molecule has 0 spiro atoms. The van der Waals surface area contributed by atoms with Crippen molar-refractivity contribution in [3.05, 3.63) is 57.7 Å². The van der Waals surface area contributed by atoms with Gasteiger partial charge in [0.1, 0.15) is 5.01 Å². The molecule has 2 amide bonds. The van der Waals surface area contributed by atoms with Crippen LogP contribution in [0, 0.1) is 11.3 Å². The summed E-state index contributed by atoms with van der Waals surface area (Å²) < 4.78 is 10.5. The SMILES string of the molecule is COc1ncc(C2NC(=O)NC(C)=C2c2nc(-c3ccc(C#N)cc3)cs2)c(OC)n1. The van der Waals surface area contributed by atoms with Crippen LogP contribution in [-0.2, 0) is 0 Å². The minimum atomic E-state index is -0.561. The Balaban J connectivity index is 1.77. The van der Waals surface area contributed by atoms with E-state index in [1.807, 2.05) is 24.4 Å². The summed E-state index contributed by atoms with van der Waals surface area (Å²) in [4.78, 5) is 25.4. The number of carbonyl (C=O) groups is 1. The first-order valence-electron chi connectivity index (χ1n) is 9.23. The van der Waals surface area contributed by atoms with Gasteiger partial charge in [0, 0.05) is 28.4 Å². The number of ether oxygens (including phenoxy) is 2. The minimum absolute atomic E-state index is 0.167. The largest absolute Gasteiger partial charge is 0.481 e. The van der Waals surface area contributed by atoms with Gasteiger partial charge in [-0.05, 0) is 19.1 Å². The first-order chi connectivity index (χ1) is 15.0. The Morgan fingerprint density at radius 1 is 1.16 bits per heavy atom. The number of hydrogen-bond acceptors (Lipinski definition) is 8. The zero-order valence-electron chi connectivity index (χ0n) is 17.0. The first-order valence-corrected chi connectivity index (χ1v) is 10.1. The molecule has 2 N–H and O–H groups in total. The number of aromatic nitrogens is 3. The standard InChI is InChI=1S/C21H18N6O3S/c1-11-16(19-25-15(10-31-19)13-6-4-12(8-22)5-7-13)17(26-20(28)24-11)14-9-23-21(30-3)27-18(14)29-2/h4-7,9-10,17H,1-3H3,(H2,24,26,28). The summed E-state index contributed by atoms with van der Waals surface area (Å²) in [6.07, 6.45) is 1.57. The predicted octanol–water partition coefficient (Wildman–Crippen LogP) is 3.27. The van der Waals surface area contributed by atoms with E-state index in [1.165, 1.54) is 25.6 Å². The molecule has 0 bridgehead atoms. The predicted molar refractivity (Wildman–Crippen MR) is 114 cm³/mol. The van der Waals surface area contributed by atoms with Gasteiger partial charge in [-0.15, -0.1) is 11.3 Å². The van der Waals surface area contributed by atoms with Gasteiger partial charge >= 0.3 is 12.0 Å². The van der Waals surface area contributed by atoms with Gasteiger partial charge in [-0.3, -0.25) is 0 Å². The van der Waals surface area contributed by atoms with Gasteiger partial charge in [0.2, 0.25) is 5.88 Å². The number of amides is 2. The Bertz CT molecular complexity index is 1210. The second-order valence-corrected chi connectivity index (χ2v) is 7.48. The highest BCUT2D eigenvalue weighted by Gasteiger charge is 2.32. The fourth-order valence-electron chi connectivity index (χ4n) is 3.28. The molecule has 1 aliphatic rings. The van der Waals surface area contributed by atoms with Gasteiger partial charge in [-0.25, -0.2) is 14.8 Å². The number of hydrogen-bond donors (Lipinski definition) is 2. The van der Waals surface area contributed by atoms with Gasteiger partial charge < -0.3 is 20.1 Å². The highest BCUT2D eigenvalue weighted by molar-refractivity contribution is 7.11. The zero-order chi connectivity index (χ0) is 22.0. The normalized spacial score (nSPS) is 15.7. The summed E-state index contributed by atoms with van der Waals surface area (Å²) >= 11 is 1.45. The van der Waals surface area contributed by atoms with Crippen molar-refractivity contribution < 1.29 is 14.3 Å². The number of urea groups is 1. The summed E-state index contributed by atoms with van der Waals surface area (Å²) in [5.41, 5.74) is 4.31. The molecule has 3 heterocycles. The van der Waals surface area contributed by atoms with Gasteiger partial charge in [-0.2, -0.15) is 10.2 Å². The van der Waals surface area contributed by atoms with E-state index < -0.39 is 6.04 Å². The van der Waals surface area contributed by atoms with Crippen LogP contribution < -0.4 is 20.1 Å². The lowest BCUT2D eigenvalue weighted by atomic mass is 9.97. The van der Waals surface area contributed by atoms with Crippen LogP contribution in [0.2, 0.25) is 0 Å². The Morgan fingerprint density at radius 2 is 1.94 bits per heavy atom. The van der Waals surface area contributed by atoms with E-state index in [9.17, 15) is 4.79 Å². The van der Waals surface area contributed by atoms with E-state index >= 15 is 0 Å². The van der Waals surface area contributed by atoms with Gasteiger partial charge in [-0.1, -0.05) is 12.1 Å². The quantitative estimate of drug-likeness (QED) is 0.632. The van der Waals surface area contributed by atoms with Crippen LogP contribution in [-0.4, -0.2) is 35.2 Å². The van der Waals surface area contributed by atoms with Crippen molar-refractivity contribution in [3.63, 3.8) is 0 Å². The molecule has 1 aromatic carbocycles. The second-order valence-electron chi connectivity index (χ2n) is 6.62. The summed E-state index contributed by atoms with van der Waals surface area (Å²) in [6.45, 7) is 1.82. The van der Waals surface area contributed by atoms with Crippen LogP contribution in [0.1, 0.15) is 29.1 Å². The second kappa shape index (κ2) is 8.41. The monoisotopic (exact) mass is 434 g/mol. The molecule has 0 saturated heterocycles. The smallest absolute Gasteiger partial charge is 0.319 e. The molecule has 31 heavy (non-hydrogen) atoms. The first kappa shape index (κ1) is 20.3. The van der Waals surface area contributed by atoms with E-state index in [4.69, 9.17) is 19.7 Å². The van der Waals surface area contributed by atoms with E-state index in [1.54, 1.807) is 18.3 Å². The number of nitriles is 1. The molecule has 3 aromatic rings. The number of allylic oxidation sites excluding steroid dienone is 1. The molecule has 9 nitrogen and oxygen atoms in total. The maximum absolute atomic E-state index is 12.2. The van der Waals surface area contributed by atoms with Crippen molar-refractivity contribution in [1.29, 1.82) is 5.26 Å². The lowest BCUT2D eigenvalue weighted by Gasteiger charge is -2.28. The highest BCUT2D eigenvalue weighted by Crippen LogP contribution is 2.39. The average molecular weight is 434 g/mol. The summed E-state index contributed by atoms with van der Waals surface area (Å²) in [6, 6.07) is 8.60. The summed E-state index contributed by atoms with van der Waals surface area (Å²) in [5.74, 6) is 0.299.